The van der Waals surface area contributed by atoms with Crippen molar-refractivity contribution in [3.05, 3.63) is 76.6 Å². The van der Waals surface area contributed by atoms with Gasteiger partial charge in [-0.1, -0.05) is 35.0 Å². The molecule has 0 aliphatic carbocycles. The number of hydrogen-bond acceptors (Lipinski definition) is 4. The van der Waals surface area contributed by atoms with E-state index in [1.165, 1.54) is 6.08 Å². The van der Waals surface area contributed by atoms with Gasteiger partial charge in [0.15, 0.2) is 5.69 Å². The number of halogens is 1. The summed E-state index contributed by atoms with van der Waals surface area (Å²) in [5.41, 5.74) is 3.88. The van der Waals surface area contributed by atoms with Gasteiger partial charge in [0.2, 0.25) is 5.78 Å². The monoisotopic (exact) mass is 366 g/mol. The van der Waals surface area contributed by atoms with Crippen LogP contribution in [-0.4, -0.2) is 34.9 Å². The molecule has 0 N–H and O–H groups in total. The number of benzene rings is 2. The zero-order valence-corrected chi connectivity index (χ0v) is 15.6. The SMILES string of the molecule is Cc1c(C(=O)/C=C/c2ccc(N(C)C)cc2)nnn1-c1ccc(Cl)cc1. The van der Waals surface area contributed by atoms with Crippen LogP contribution in [-0.2, 0) is 0 Å². The Kier molecular flexibility index (Phi) is 5.19. The number of allylic oxidation sites excluding steroid dienone is 1. The van der Waals surface area contributed by atoms with Crippen LogP contribution in [0.15, 0.2) is 54.6 Å². The molecule has 0 saturated heterocycles. The van der Waals surface area contributed by atoms with Gasteiger partial charge in [0.25, 0.3) is 0 Å². The highest BCUT2D eigenvalue weighted by atomic mass is 35.5. The summed E-state index contributed by atoms with van der Waals surface area (Å²) in [7, 11) is 3.97. The Bertz CT molecular complexity index is 941. The van der Waals surface area contributed by atoms with Gasteiger partial charge in [-0.3, -0.25) is 4.79 Å². The van der Waals surface area contributed by atoms with Crippen LogP contribution in [0.2, 0.25) is 5.02 Å². The number of aromatic nitrogens is 3. The Morgan fingerprint density at radius 2 is 1.73 bits per heavy atom. The van der Waals surface area contributed by atoms with Crippen molar-refractivity contribution in [1.82, 2.24) is 15.0 Å². The molecule has 0 fully saturated rings. The summed E-state index contributed by atoms with van der Waals surface area (Å²) >= 11 is 5.91. The maximum Gasteiger partial charge on any atom is 0.208 e. The Hall–Kier alpha value is -2.92. The molecule has 1 heterocycles. The normalized spacial score (nSPS) is 11.1. The van der Waals surface area contributed by atoms with Gasteiger partial charge in [-0.15, -0.1) is 5.10 Å². The van der Waals surface area contributed by atoms with E-state index in [1.807, 2.05) is 62.3 Å². The lowest BCUT2D eigenvalue weighted by Gasteiger charge is -2.11. The van der Waals surface area contributed by atoms with Crippen LogP contribution >= 0.6 is 11.6 Å². The highest BCUT2D eigenvalue weighted by molar-refractivity contribution is 6.30. The number of ketones is 1. The third-order valence-corrected chi connectivity index (χ3v) is 4.29. The van der Waals surface area contributed by atoms with Crippen molar-refractivity contribution in [3.8, 4) is 5.69 Å². The maximum absolute atomic E-state index is 12.5. The first-order valence-electron chi connectivity index (χ1n) is 8.14. The molecule has 0 unspecified atom stereocenters. The fourth-order valence-electron chi connectivity index (χ4n) is 2.52. The molecule has 2 aromatic carbocycles. The average Bonchev–Trinajstić information content (AvgIpc) is 3.02. The second kappa shape index (κ2) is 7.54. The molecule has 1 aromatic heterocycles. The molecule has 0 radical (unpaired) electrons. The van der Waals surface area contributed by atoms with Gasteiger partial charge in [-0.2, -0.15) is 0 Å². The first-order chi connectivity index (χ1) is 12.5. The van der Waals surface area contributed by atoms with Crippen LogP contribution < -0.4 is 4.90 Å². The standard InChI is InChI=1S/C20H19ClN4O/c1-14-20(22-23-25(14)18-11-7-16(21)8-12-18)19(26)13-6-15-4-9-17(10-5-15)24(2)3/h4-13H,1-3H3/b13-6+. The predicted octanol–water partition coefficient (Wildman–Crippen LogP) is 4.19. The van der Waals surface area contributed by atoms with E-state index in [2.05, 4.69) is 10.3 Å². The van der Waals surface area contributed by atoms with E-state index in [0.717, 1.165) is 16.9 Å². The van der Waals surface area contributed by atoms with Crippen LogP contribution in [0.1, 0.15) is 21.7 Å². The number of hydrogen-bond donors (Lipinski definition) is 0. The van der Waals surface area contributed by atoms with Gasteiger partial charge >= 0.3 is 0 Å². The van der Waals surface area contributed by atoms with E-state index in [0.29, 0.717) is 16.4 Å². The lowest BCUT2D eigenvalue weighted by molar-refractivity contribution is 0.104. The van der Waals surface area contributed by atoms with Crippen molar-refractivity contribution in [2.24, 2.45) is 0 Å². The summed E-state index contributed by atoms with van der Waals surface area (Å²) in [6.07, 6.45) is 3.30. The number of anilines is 1. The summed E-state index contributed by atoms with van der Waals surface area (Å²) in [4.78, 5) is 14.5. The lowest BCUT2D eigenvalue weighted by atomic mass is 10.1. The van der Waals surface area contributed by atoms with Gasteiger partial charge in [-0.05, 0) is 55.0 Å². The van der Waals surface area contributed by atoms with Crippen molar-refractivity contribution in [2.75, 3.05) is 19.0 Å². The van der Waals surface area contributed by atoms with E-state index in [1.54, 1.807) is 22.9 Å². The zero-order valence-electron chi connectivity index (χ0n) is 14.8. The van der Waals surface area contributed by atoms with Crippen LogP contribution in [0.25, 0.3) is 11.8 Å². The largest absolute Gasteiger partial charge is 0.378 e. The highest BCUT2D eigenvalue weighted by Gasteiger charge is 2.15. The Morgan fingerprint density at radius 3 is 2.35 bits per heavy atom. The molecule has 0 atom stereocenters. The minimum Gasteiger partial charge on any atom is -0.378 e. The van der Waals surface area contributed by atoms with E-state index in [9.17, 15) is 4.79 Å². The fraction of sp³-hybridized carbons (Fsp3) is 0.150. The maximum atomic E-state index is 12.5. The molecule has 3 rings (SSSR count). The molecular weight excluding hydrogens is 348 g/mol. The molecule has 3 aromatic rings. The van der Waals surface area contributed by atoms with Gasteiger partial charge in [0.1, 0.15) is 0 Å². The summed E-state index contributed by atoms with van der Waals surface area (Å²) in [6.45, 7) is 1.82. The quantitative estimate of drug-likeness (QED) is 0.502. The van der Waals surface area contributed by atoms with Crippen LogP contribution in [0, 0.1) is 6.92 Å². The molecule has 0 saturated carbocycles. The third-order valence-electron chi connectivity index (χ3n) is 4.04. The van der Waals surface area contributed by atoms with E-state index < -0.39 is 0 Å². The minimum atomic E-state index is -0.181. The fourth-order valence-corrected chi connectivity index (χ4v) is 2.64. The Labute approximate surface area is 157 Å². The number of nitrogens with zero attached hydrogens (tertiary/aromatic N) is 4. The molecule has 0 aliphatic rings. The smallest absolute Gasteiger partial charge is 0.208 e. The molecule has 26 heavy (non-hydrogen) atoms. The Morgan fingerprint density at radius 1 is 1.08 bits per heavy atom. The first kappa shape index (κ1) is 17.9. The second-order valence-corrected chi connectivity index (χ2v) is 6.53. The summed E-state index contributed by atoms with van der Waals surface area (Å²) in [5.74, 6) is -0.181. The molecule has 6 heteroatoms. The number of carbonyl (C=O) groups excluding carboxylic acids is 1. The molecule has 132 valence electrons. The minimum absolute atomic E-state index is 0.181. The van der Waals surface area contributed by atoms with Crippen molar-refractivity contribution in [1.29, 1.82) is 0 Å². The summed E-state index contributed by atoms with van der Waals surface area (Å²) < 4.78 is 1.63. The zero-order chi connectivity index (χ0) is 18.7. The van der Waals surface area contributed by atoms with E-state index in [4.69, 9.17) is 11.6 Å². The molecular formula is C20H19ClN4O. The van der Waals surface area contributed by atoms with Crippen LogP contribution in [0.4, 0.5) is 5.69 Å². The van der Waals surface area contributed by atoms with Crippen molar-refractivity contribution < 1.29 is 4.79 Å². The topological polar surface area (TPSA) is 51.0 Å². The third kappa shape index (κ3) is 3.83. The molecule has 0 aliphatic heterocycles. The van der Waals surface area contributed by atoms with Gasteiger partial charge < -0.3 is 4.90 Å². The molecule has 0 spiro atoms. The second-order valence-electron chi connectivity index (χ2n) is 6.10. The summed E-state index contributed by atoms with van der Waals surface area (Å²) in [6, 6.07) is 15.2. The average molecular weight is 367 g/mol. The van der Waals surface area contributed by atoms with Crippen molar-refractivity contribution in [2.45, 2.75) is 6.92 Å². The lowest BCUT2D eigenvalue weighted by Crippen LogP contribution is -2.07. The van der Waals surface area contributed by atoms with Crippen LogP contribution in [0.5, 0.6) is 0 Å². The van der Waals surface area contributed by atoms with Crippen molar-refractivity contribution in [3.63, 3.8) is 0 Å². The number of rotatable bonds is 5. The molecule has 0 amide bonds. The molecule has 5 nitrogen and oxygen atoms in total. The highest BCUT2D eigenvalue weighted by Crippen LogP contribution is 2.17. The Balaban J connectivity index is 1.79. The number of carbonyl (C=O) groups is 1. The van der Waals surface area contributed by atoms with Crippen LogP contribution in [0.3, 0.4) is 0 Å². The van der Waals surface area contributed by atoms with Crippen molar-refractivity contribution >= 4 is 29.1 Å². The predicted molar refractivity (Wildman–Crippen MR) is 105 cm³/mol. The molecule has 0 bridgehead atoms. The van der Waals surface area contributed by atoms with Gasteiger partial charge in [0.05, 0.1) is 11.4 Å². The van der Waals surface area contributed by atoms with E-state index >= 15 is 0 Å². The first-order valence-corrected chi connectivity index (χ1v) is 8.51. The van der Waals surface area contributed by atoms with Gasteiger partial charge in [0, 0.05) is 24.8 Å². The summed E-state index contributed by atoms with van der Waals surface area (Å²) in [5, 5.41) is 8.77. The van der Waals surface area contributed by atoms with E-state index in [-0.39, 0.29) is 5.78 Å². The van der Waals surface area contributed by atoms with Gasteiger partial charge in [-0.25, -0.2) is 4.68 Å².